The molecule has 1 aromatic rings. The summed E-state index contributed by atoms with van der Waals surface area (Å²) < 4.78 is 0. The first-order valence-electron chi connectivity index (χ1n) is 3.24. The van der Waals surface area contributed by atoms with E-state index in [2.05, 4.69) is 0 Å². The van der Waals surface area contributed by atoms with E-state index in [0.717, 1.165) is 5.56 Å². The number of allylic oxidation sites excluding steroid dienone is 1. The van der Waals surface area contributed by atoms with Crippen LogP contribution in [-0.4, -0.2) is 0 Å². The standard InChI is InChI=1S/C9H5Cl2N/c10-5-8(6-12)7-1-3-9(11)4-2-7/h1-5H/b8-5-. The van der Waals surface area contributed by atoms with Crippen molar-refractivity contribution in [3.8, 4) is 6.07 Å². The third-order valence-electron chi connectivity index (χ3n) is 1.38. The van der Waals surface area contributed by atoms with E-state index < -0.39 is 0 Å². The van der Waals surface area contributed by atoms with Crippen LogP contribution < -0.4 is 0 Å². The van der Waals surface area contributed by atoms with Crippen LogP contribution in [0, 0.1) is 11.3 Å². The Bertz CT molecular complexity index is 333. The van der Waals surface area contributed by atoms with Gasteiger partial charge >= 0.3 is 0 Å². The van der Waals surface area contributed by atoms with E-state index in [-0.39, 0.29) is 0 Å². The first-order chi connectivity index (χ1) is 5.77. The van der Waals surface area contributed by atoms with Crippen molar-refractivity contribution in [1.29, 1.82) is 5.26 Å². The molecule has 0 aliphatic rings. The molecule has 0 amide bonds. The molecule has 0 spiro atoms. The molecule has 60 valence electrons. The third kappa shape index (κ3) is 2.01. The smallest absolute Gasteiger partial charge is 0.101 e. The predicted molar refractivity (Wildman–Crippen MR) is 50.9 cm³/mol. The first kappa shape index (κ1) is 9.12. The van der Waals surface area contributed by atoms with Crippen molar-refractivity contribution in [2.75, 3.05) is 0 Å². The van der Waals surface area contributed by atoms with Gasteiger partial charge in [0.05, 0.1) is 5.57 Å². The van der Waals surface area contributed by atoms with Gasteiger partial charge < -0.3 is 0 Å². The summed E-state index contributed by atoms with van der Waals surface area (Å²) in [5, 5.41) is 9.26. The summed E-state index contributed by atoms with van der Waals surface area (Å²) in [6, 6.07) is 8.91. The second kappa shape index (κ2) is 4.15. The van der Waals surface area contributed by atoms with Crippen LogP contribution in [-0.2, 0) is 0 Å². The van der Waals surface area contributed by atoms with Crippen molar-refractivity contribution >= 4 is 28.8 Å². The number of hydrogen-bond donors (Lipinski definition) is 0. The quantitative estimate of drug-likeness (QED) is 0.634. The molecule has 1 rings (SSSR count). The number of rotatable bonds is 1. The highest BCUT2D eigenvalue weighted by Gasteiger charge is 1.98. The third-order valence-corrected chi connectivity index (χ3v) is 1.85. The SMILES string of the molecule is N#C/C(=C/Cl)c1ccc(Cl)cc1. The van der Waals surface area contributed by atoms with Crippen molar-refractivity contribution in [1.82, 2.24) is 0 Å². The Hall–Kier alpha value is -0.970. The van der Waals surface area contributed by atoms with Crippen LogP contribution >= 0.6 is 23.2 Å². The van der Waals surface area contributed by atoms with Crippen LogP contribution in [0.1, 0.15) is 5.56 Å². The van der Waals surface area contributed by atoms with E-state index in [4.69, 9.17) is 28.5 Å². The topological polar surface area (TPSA) is 23.8 Å². The van der Waals surface area contributed by atoms with Crippen LogP contribution in [0.25, 0.3) is 5.57 Å². The van der Waals surface area contributed by atoms with E-state index in [0.29, 0.717) is 10.6 Å². The molecule has 0 aromatic heterocycles. The minimum atomic E-state index is 0.438. The Balaban J connectivity index is 3.06. The minimum Gasteiger partial charge on any atom is -0.192 e. The van der Waals surface area contributed by atoms with Gasteiger partial charge in [0, 0.05) is 10.6 Å². The van der Waals surface area contributed by atoms with Crippen LogP contribution in [0.5, 0.6) is 0 Å². The van der Waals surface area contributed by atoms with Gasteiger partial charge in [0.15, 0.2) is 0 Å². The Kier molecular flexibility index (Phi) is 3.16. The van der Waals surface area contributed by atoms with Crippen molar-refractivity contribution in [3.63, 3.8) is 0 Å². The molecule has 1 nitrogen and oxygen atoms in total. The molecule has 3 heteroatoms. The molecule has 12 heavy (non-hydrogen) atoms. The summed E-state index contributed by atoms with van der Waals surface area (Å²) in [7, 11) is 0. The molecule has 0 N–H and O–H groups in total. The molecule has 0 radical (unpaired) electrons. The lowest BCUT2D eigenvalue weighted by molar-refractivity contribution is 1.52. The predicted octanol–water partition coefficient (Wildman–Crippen LogP) is 3.44. The summed E-state index contributed by atoms with van der Waals surface area (Å²) >= 11 is 11.1. The van der Waals surface area contributed by atoms with Crippen LogP contribution in [0.15, 0.2) is 29.8 Å². The highest BCUT2D eigenvalue weighted by Crippen LogP contribution is 2.17. The second-order valence-corrected chi connectivity index (χ2v) is 2.80. The Morgan fingerprint density at radius 2 is 1.92 bits per heavy atom. The molecule has 0 fully saturated rings. The van der Waals surface area contributed by atoms with Crippen LogP contribution in [0.3, 0.4) is 0 Å². The average Bonchev–Trinajstić information content (AvgIpc) is 2.10. The van der Waals surface area contributed by atoms with Gasteiger partial charge in [-0.25, -0.2) is 0 Å². The van der Waals surface area contributed by atoms with Gasteiger partial charge in [-0.3, -0.25) is 0 Å². The molecule has 0 heterocycles. The van der Waals surface area contributed by atoms with Gasteiger partial charge in [-0.15, -0.1) is 0 Å². The van der Waals surface area contributed by atoms with Gasteiger partial charge in [-0.1, -0.05) is 35.3 Å². The van der Waals surface area contributed by atoms with Crippen LogP contribution in [0.4, 0.5) is 0 Å². The molecule has 0 saturated heterocycles. The van der Waals surface area contributed by atoms with Crippen molar-refractivity contribution in [2.45, 2.75) is 0 Å². The number of benzene rings is 1. The fourth-order valence-corrected chi connectivity index (χ4v) is 1.08. The highest BCUT2D eigenvalue weighted by molar-refractivity contribution is 6.30. The number of nitriles is 1. The monoisotopic (exact) mass is 197 g/mol. The van der Waals surface area contributed by atoms with E-state index in [1.54, 1.807) is 24.3 Å². The largest absolute Gasteiger partial charge is 0.192 e. The first-order valence-corrected chi connectivity index (χ1v) is 4.06. The summed E-state index contributed by atoms with van der Waals surface area (Å²) in [4.78, 5) is 0. The molecule has 0 unspecified atom stereocenters. The zero-order valence-corrected chi connectivity index (χ0v) is 7.60. The molecular weight excluding hydrogens is 193 g/mol. The molecule has 0 bridgehead atoms. The summed E-state index contributed by atoms with van der Waals surface area (Å²) in [5.74, 6) is 0. The van der Waals surface area contributed by atoms with Gasteiger partial charge in [0.2, 0.25) is 0 Å². The van der Waals surface area contributed by atoms with Crippen molar-refractivity contribution in [2.24, 2.45) is 0 Å². The molecule has 0 saturated carbocycles. The fraction of sp³-hybridized carbons (Fsp3) is 0. The zero-order valence-electron chi connectivity index (χ0n) is 6.09. The van der Waals surface area contributed by atoms with Gasteiger partial charge in [0.25, 0.3) is 0 Å². The Morgan fingerprint density at radius 3 is 2.33 bits per heavy atom. The lowest BCUT2D eigenvalue weighted by atomic mass is 10.1. The van der Waals surface area contributed by atoms with E-state index in [1.807, 2.05) is 6.07 Å². The highest BCUT2D eigenvalue weighted by atomic mass is 35.5. The van der Waals surface area contributed by atoms with Crippen LogP contribution in [0.2, 0.25) is 5.02 Å². The maximum Gasteiger partial charge on any atom is 0.101 e. The van der Waals surface area contributed by atoms with Gasteiger partial charge in [-0.05, 0) is 17.7 Å². The number of nitrogens with zero attached hydrogens (tertiary/aromatic N) is 1. The average molecular weight is 198 g/mol. The van der Waals surface area contributed by atoms with Gasteiger partial charge in [0.1, 0.15) is 6.07 Å². The molecular formula is C9H5Cl2N. The summed E-state index contributed by atoms with van der Waals surface area (Å²) in [6.45, 7) is 0. The lowest BCUT2D eigenvalue weighted by Gasteiger charge is -1.96. The molecule has 0 aliphatic heterocycles. The molecule has 0 aliphatic carbocycles. The van der Waals surface area contributed by atoms with Crippen molar-refractivity contribution in [3.05, 3.63) is 40.4 Å². The fourth-order valence-electron chi connectivity index (χ4n) is 0.781. The molecule has 0 atom stereocenters. The lowest BCUT2D eigenvalue weighted by Crippen LogP contribution is -1.78. The molecule has 1 aromatic carbocycles. The Morgan fingerprint density at radius 1 is 1.33 bits per heavy atom. The maximum atomic E-state index is 8.61. The minimum absolute atomic E-state index is 0.438. The number of hydrogen-bond acceptors (Lipinski definition) is 1. The second-order valence-electron chi connectivity index (χ2n) is 2.14. The van der Waals surface area contributed by atoms with E-state index >= 15 is 0 Å². The van der Waals surface area contributed by atoms with E-state index in [1.165, 1.54) is 5.54 Å². The Labute approximate surface area is 80.8 Å². The van der Waals surface area contributed by atoms with Crippen molar-refractivity contribution < 1.29 is 0 Å². The normalized spacial score (nSPS) is 10.9. The number of halogens is 2. The summed E-state index contributed by atoms with van der Waals surface area (Å²) in [5.41, 5.74) is 2.47. The van der Waals surface area contributed by atoms with E-state index in [9.17, 15) is 0 Å². The maximum absolute atomic E-state index is 8.61. The van der Waals surface area contributed by atoms with Gasteiger partial charge in [-0.2, -0.15) is 5.26 Å². The zero-order chi connectivity index (χ0) is 8.97. The summed E-state index contributed by atoms with van der Waals surface area (Å²) in [6.07, 6.45) is 0.